The van der Waals surface area contributed by atoms with Crippen LogP contribution in [0.1, 0.15) is 22.3 Å². The van der Waals surface area contributed by atoms with Gasteiger partial charge in [0.1, 0.15) is 6.29 Å². The van der Waals surface area contributed by atoms with Gasteiger partial charge in [-0.1, -0.05) is 11.8 Å². The number of hydrogen-bond donors (Lipinski definition) is 0. The highest BCUT2D eigenvalue weighted by Crippen LogP contribution is 2.34. The maximum absolute atomic E-state index is 10.8. The smallest absolute Gasteiger partial charge is 0.231 e. The molecule has 4 nitrogen and oxygen atoms in total. The molecule has 1 aliphatic rings. The molecule has 0 atom stereocenters. The number of fused-ring (bicyclic) bond motifs is 1. The summed E-state index contributed by atoms with van der Waals surface area (Å²) in [4.78, 5) is 20.9. The highest BCUT2D eigenvalue weighted by Gasteiger charge is 2.15. The van der Waals surface area contributed by atoms with Crippen molar-refractivity contribution in [2.24, 2.45) is 0 Å². The van der Waals surface area contributed by atoms with E-state index in [2.05, 4.69) is 11.8 Å². The van der Waals surface area contributed by atoms with Gasteiger partial charge < -0.3 is 14.3 Å². The van der Waals surface area contributed by atoms with Crippen LogP contribution in [0, 0.1) is 11.8 Å². The molecule has 1 aliphatic heterocycles. The molecule has 0 spiro atoms. The second-order valence-electron chi connectivity index (χ2n) is 3.08. The lowest BCUT2D eigenvalue weighted by Gasteiger charge is -1.99. The second kappa shape index (κ2) is 4.49. The number of carbonyl (C=O) groups excluding carboxylic acids is 2. The maximum Gasteiger partial charge on any atom is 0.231 e. The molecule has 80 valence electrons. The average molecular weight is 216 g/mol. The molecule has 0 radical (unpaired) electrons. The lowest BCUT2D eigenvalue weighted by molar-refractivity contribution is -0.107. The van der Waals surface area contributed by atoms with Crippen LogP contribution in [-0.2, 0) is 4.79 Å². The van der Waals surface area contributed by atoms with Crippen molar-refractivity contribution >= 4 is 12.6 Å². The Kier molecular flexibility index (Phi) is 2.88. The first-order valence-corrected chi connectivity index (χ1v) is 4.66. The molecule has 0 bridgehead atoms. The number of rotatable bonds is 2. The number of aldehydes is 2. The molecule has 16 heavy (non-hydrogen) atoms. The molecular formula is C12H8O4. The molecule has 1 heterocycles. The minimum absolute atomic E-state index is 0.146. The average Bonchev–Trinajstić information content (AvgIpc) is 2.75. The first-order chi connectivity index (χ1) is 7.85. The van der Waals surface area contributed by atoms with E-state index in [0.717, 1.165) is 0 Å². The largest absolute Gasteiger partial charge is 0.454 e. The van der Waals surface area contributed by atoms with Crippen LogP contribution in [0.25, 0.3) is 0 Å². The van der Waals surface area contributed by atoms with Crippen LogP contribution >= 0.6 is 0 Å². The molecule has 1 aromatic rings. The summed E-state index contributed by atoms with van der Waals surface area (Å²) in [6.45, 7) is 0.152. The van der Waals surface area contributed by atoms with E-state index in [9.17, 15) is 9.59 Å². The van der Waals surface area contributed by atoms with Gasteiger partial charge in [-0.2, -0.15) is 0 Å². The van der Waals surface area contributed by atoms with Crippen LogP contribution in [0.2, 0.25) is 0 Å². The van der Waals surface area contributed by atoms with Gasteiger partial charge in [0.15, 0.2) is 17.8 Å². The minimum atomic E-state index is 0.146. The van der Waals surface area contributed by atoms with E-state index in [4.69, 9.17) is 9.47 Å². The number of hydrogen-bond acceptors (Lipinski definition) is 4. The topological polar surface area (TPSA) is 52.6 Å². The Morgan fingerprint density at radius 2 is 2.00 bits per heavy atom. The zero-order chi connectivity index (χ0) is 11.4. The van der Waals surface area contributed by atoms with Crippen LogP contribution < -0.4 is 9.47 Å². The number of ether oxygens (including phenoxy) is 2. The van der Waals surface area contributed by atoms with Gasteiger partial charge in [-0.05, 0) is 6.07 Å². The Labute approximate surface area is 92.2 Å². The molecule has 0 saturated heterocycles. The van der Waals surface area contributed by atoms with E-state index in [0.29, 0.717) is 35.2 Å². The van der Waals surface area contributed by atoms with Gasteiger partial charge in [-0.15, -0.1) is 0 Å². The summed E-state index contributed by atoms with van der Waals surface area (Å²) in [5, 5.41) is 0. The van der Waals surface area contributed by atoms with Gasteiger partial charge in [0.05, 0.1) is 6.42 Å². The van der Waals surface area contributed by atoms with Crippen LogP contribution in [0.15, 0.2) is 12.1 Å². The van der Waals surface area contributed by atoms with Gasteiger partial charge in [0.2, 0.25) is 6.79 Å². The fraction of sp³-hybridized carbons (Fsp3) is 0.167. The van der Waals surface area contributed by atoms with E-state index >= 15 is 0 Å². The number of benzene rings is 1. The third-order valence-electron chi connectivity index (χ3n) is 2.08. The molecule has 0 N–H and O–H groups in total. The van der Waals surface area contributed by atoms with Crippen LogP contribution in [0.3, 0.4) is 0 Å². The lowest BCUT2D eigenvalue weighted by atomic mass is 10.1. The summed E-state index contributed by atoms with van der Waals surface area (Å²) >= 11 is 0. The fourth-order valence-corrected chi connectivity index (χ4v) is 1.35. The monoisotopic (exact) mass is 216 g/mol. The Morgan fingerprint density at radius 1 is 1.25 bits per heavy atom. The third-order valence-corrected chi connectivity index (χ3v) is 2.08. The van der Waals surface area contributed by atoms with Crippen molar-refractivity contribution in [1.82, 2.24) is 0 Å². The van der Waals surface area contributed by atoms with E-state index in [1.165, 1.54) is 0 Å². The third kappa shape index (κ3) is 1.89. The highest BCUT2D eigenvalue weighted by atomic mass is 16.7. The van der Waals surface area contributed by atoms with Crippen molar-refractivity contribution < 1.29 is 19.1 Å². The van der Waals surface area contributed by atoms with Gasteiger partial charge in [-0.3, -0.25) is 4.79 Å². The predicted molar refractivity (Wildman–Crippen MR) is 55.5 cm³/mol. The summed E-state index contributed by atoms with van der Waals surface area (Å²) in [5.41, 5.74) is 0.976. The fourth-order valence-electron chi connectivity index (χ4n) is 1.35. The molecule has 0 aromatic heterocycles. The van der Waals surface area contributed by atoms with Crippen molar-refractivity contribution in [2.45, 2.75) is 6.42 Å². The molecule has 4 heteroatoms. The standard InChI is InChI=1S/C12H8O4/c13-4-2-1-3-9-5-11-12(16-8-15-11)6-10(9)7-14/h4-7H,2,8H2. The Morgan fingerprint density at radius 3 is 2.69 bits per heavy atom. The molecule has 1 aromatic carbocycles. The lowest BCUT2D eigenvalue weighted by Crippen LogP contribution is -1.92. The van der Waals surface area contributed by atoms with Gasteiger partial charge >= 0.3 is 0 Å². The first kappa shape index (κ1) is 10.2. The number of carbonyl (C=O) groups is 2. The SMILES string of the molecule is O=CCC#Cc1cc2c(cc1C=O)OCO2. The zero-order valence-corrected chi connectivity index (χ0v) is 8.36. The van der Waals surface area contributed by atoms with Crippen LogP contribution in [0.4, 0.5) is 0 Å². The van der Waals surface area contributed by atoms with Crippen molar-refractivity contribution in [3.8, 4) is 23.3 Å². The summed E-state index contributed by atoms with van der Waals surface area (Å²) in [6.07, 6.45) is 1.56. The minimum Gasteiger partial charge on any atom is -0.454 e. The Balaban J connectivity index is 2.40. The molecule has 0 fully saturated rings. The van der Waals surface area contributed by atoms with E-state index < -0.39 is 0 Å². The first-order valence-electron chi connectivity index (χ1n) is 4.66. The van der Waals surface area contributed by atoms with Gasteiger partial charge in [0.25, 0.3) is 0 Å². The molecule has 0 saturated carbocycles. The van der Waals surface area contributed by atoms with Gasteiger partial charge in [0, 0.05) is 17.2 Å². The summed E-state index contributed by atoms with van der Waals surface area (Å²) in [5.74, 6) is 6.51. The molecular weight excluding hydrogens is 208 g/mol. The van der Waals surface area contributed by atoms with Crippen molar-refractivity contribution in [2.75, 3.05) is 6.79 Å². The normalized spacial score (nSPS) is 11.5. The summed E-state index contributed by atoms with van der Waals surface area (Å²) < 4.78 is 10.3. The highest BCUT2D eigenvalue weighted by molar-refractivity contribution is 5.81. The molecule has 0 aliphatic carbocycles. The zero-order valence-electron chi connectivity index (χ0n) is 8.36. The quantitative estimate of drug-likeness (QED) is 0.550. The molecule has 0 amide bonds. The van der Waals surface area contributed by atoms with Crippen molar-refractivity contribution in [3.63, 3.8) is 0 Å². The van der Waals surface area contributed by atoms with Crippen LogP contribution in [0.5, 0.6) is 11.5 Å². The van der Waals surface area contributed by atoms with Crippen LogP contribution in [-0.4, -0.2) is 19.4 Å². The Hall–Kier alpha value is -2.28. The summed E-state index contributed by atoms with van der Waals surface area (Å²) in [7, 11) is 0. The van der Waals surface area contributed by atoms with E-state index in [1.807, 2.05) is 0 Å². The second-order valence-corrected chi connectivity index (χ2v) is 3.08. The van der Waals surface area contributed by atoms with E-state index in [-0.39, 0.29) is 13.2 Å². The summed E-state index contributed by atoms with van der Waals surface area (Å²) in [6, 6.07) is 3.23. The Bertz CT molecular complexity index is 494. The van der Waals surface area contributed by atoms with Crippen molar-refractivity contribution in [1.29, 1.82) is 0 Å². The van der Waals surface area contributed by atoms with Crippen molar-refractivity contribution in [3.05, 3.63) is 23.3 Å². The van der Waals surface area contributed by atoms with E-state index in [1.54, 1.807) is 12.1 Å². The molecule has 2 rings (SSSR count). The molecule has 0 unspecified atom stereocenters. The van der Waals surface area contributed by atoms with Gasteiger partial charge in [-0.25, -0.2) is 0 Å². The maximum atomic E-state index is 10.8. The predicted octanol–water partition coefficient (Wildman–Crippen LogP) is 1.17.